The summed E-state index contributed by atoms with van der Waals surface area (Å²) in [5.41, 5.74) is 4.44. The van der Waals surface area contributed by atoms with E-state index in [1.54, 1.807) is 19.1 Å². The third kappa shape index (κ3) is 9.32. The largest absolute Gasteiger partial charge is 0.429 e. The predicted molar refractivity (Wildman–Crippen MR) is 146 cm³/mol. The van der Waals surface area contributed by atoms with Gasteiger partial charge in [0, 0.05) is 13.1 Å². The zero-order valence-electron chi connectivity index (χ0n) is 22.8. The molecule has 0 saturated heterocycles. The second-order valence-electron chi connectivity index (χ2n) is 11.0. The fourth-order valence-electron chi connectivity index (χ4n) is 4.59. The van der Waals surface area contributed by atoms with Crippen molar-refractivity contribution in [3.8, 4) is 5.75 Å². The average molecular weight is 526 g/mol. The van der Waals surface area contributed by atoms with Gasteiger partial charge in [0.2, 0.25) is 0 Å². The summed E-state index contributed by atoms with van der Waals surface area (Å²) >= 11 is 0. The van der Waals surface area contributed by atoms with E-state index in [9.17, 15) is 18.0 Å². The highest BCUT2D eigenvalue weighted by Crippen LogP contribution is 2.31. The third-order valence-electron chi connectivity index (χ3n) is 6.64. The lowest BCUT2D eigenvalue weighted by Gasteiger charge is -2.23. The van der Waals surface area contributed by atoms with Crippen LogP contribution in [0.25, 0.3) is 0 Å². The Morgan fingerprint density at radius 1 is 0.763 bits per heavy atom. The number of carbonyl (C=O) groups is 1. The zero-order chi connectivity index (χ0) is 27.8. The van der Waals surface area contributed by atoms with Gasteiger partial charge in [-0.25, -0.2) is 0 Å². The molecule has 3 aromatic carbocycles. The van der Waals surface area contributed by atoms with Crippen LogP contribution in [0.4, 0.5) is 13.2 Å². The molecule has 3 rings (SSSR count). The molecule has 0 heterocycles. The highest BCUT2D eigenvalue weighted by atomic mass is 19.4. The van der Waals surface area contributed by atoms with E-state index in [0.717, 1.165) is 37.8 Å². The van der Waals surface area contributed by atoms with Gasteiger partial charge in [0.15, 0.2) is 0 Å². The number of aryl methyl sites for hydroxylation is 2. The second-order valence-corrected chi connectivity index (χ2v) is 11.0. The molecule has 3 nitrogen and oxygen atoms in total. The first kappa shape index (κ1) is 29.4. The van der Waals surface area contributed by atoms with Crippen LogP contribution in [-0.2, 0) is 35.9 Å². The molecule has 0 aliphatic rings. The molecule has 0 aromatic heterocycles. The number of rotatable bonds is 12. The van der Waals surface area contributed by atoms with Crippen molar-refractivity contribution in [3.63, 3.8) is 0 Å². The van der Waals surface area contributed by atoms with Crippen molar-refractivity contribution in [1.82, 2.24) is 4.90 Å². The minimum absolute atomic E-state index is 0.141. The lowest BCUT2D eigenvalue weighted by molar-refractivity contribution is -0.137. The predicted octanol–water partition coefficient (Wildman–Crippen LogP) is 8.26. The summed E-state index contributed by atoms with van der Waals surface area (Å²) in [7, 11) is 0. The molecule has 0 aliphatic carbocycles. The smallest absolute Gasteiger partial charge is 0.416 e. The van der Waals surface area contributed by atoms with Crippen LogP contribution in [0.1, 0.15) is 73.4 Å². The van der Waals surface area contributed by atoms with Crippen LogP contribution in [0.5, 0.6) is 5.75 Å². The Labute approximate surface area is 224 Å². The monoisotopic (exact) mass is 525 g/mol. The fourth-order valence-corrected chi connectivity index (χ4v) is 4.59. The summed E-state index contributed by atoms with van der Waals surface area (Å²) in [6.07, 6.45) is -0.320. The molecule has 0 amide bonds. The maximum atomic E-state index is 13.4. The Bertz CT molecular complexity index is 1160. The first-order valence-electron chi connectivity index (χ1n) is 13.1. The number of alkyl halides is 3. The van der Waals surface area contributed by atoms with Crippen molar-refractivity contribution in [3.05, 3.63) is 100 Å². The Morgan fingerprint density at radius 2 is 1.39 bits per heavy atom. The van der Waals surface area contributed by atoms with Crippen LogP contribution in [-0.4, -0.2) is 17.9 Å². The van der Waals surface area contributed by atoms with E-state index in [-0.39, 0.29) is 5.41 Å². The van der Waals surface area contributed by atoms with Gasteiger partial charge in [0.25, 0.3) is 6.47 Å². The zero-order valence-corrected chi connectivity index (χ0v) is 22.8. The van der Waals surface area contributed by atoms with Gasteiger partial charge in [-0.15, -0.1) is 0 Å². The molecule has 0 fully saturated rings. The van der Waals surface area contributed by atoms with Crippen LogP contribution in [0, 0.1) is 6.92 Å². The Hall–Kier alpha value is -3.12. The first-order chi connectivity index (χ1) is 17.9. The van der Waals surface area contributed by atoms with E-state index in [1.807, 2.05) is 18.2 Å². The summed E-state index contributed by atoms with van der Waals surface area (Å²) in [5, 5.41) is 0. The van der Waals surface area contributed by atoms with Gasteiger partial charge in [-0.2, -0.15) is 13.2 Å². The molecule has 0 N–H and O–H groups in total. The molecular weight excluding hydrogens is 487 g/mol. The summed E-state index contributed by atoms with van der Waals surface area (Å²) in [5.74, 6) is 0.458. The molecule has 0 unspecified atom stereocenters. The number of ether oxygens (including phenoxy) is 1. The van der Waals surface area contributed by atoms with Gasteiger partial charge in [-0.05, 0) is 84.7 Å². The normalized spacial score (nSPS) is 12.1. The number of unbranched alkanes of at least 4 members (excludes halogenated alkanes) is 2. The summed E-state index contributed by atoms with van der Waals surface area (Å²) in [6.45, 7) is 10.5. The number of hydrogen-bond acceptors (Lipinski definition) is 3. The minimum atomic E-state index is -4.37. The van der Waals surface area contributed by atoms with Crippen molar-refractivity contribution in [2.24, 2.45) is 0 Å². The number of nitrogens with zero attached hydrogens (tertiary/aromatic N) is 1. The van der Waals surface area contributed by atoms with Gasteiger partial charge >= 0.3 is 6.18 Å². The van der Waals surface area contributed by atoms with Gasteiger partial charge in [-0.1, -0.05) is 75.2 Å². The van der Waals surface area contributed by atoms with E-state index in [2.05, 4.69) is 49.9 Å². The third-order valence-corrected chi connectivity index (χ3v) is 6.64. The molecule has 0 bridgehead atoms. The van der Waals surface area contributed by atoms with Gasteiger partial charge in [-0.3, -0.25) is 9.69 Å². The highest BCUT2D eigenvalue weighted by Gasteiger charge is 2.31. The second kappa shape index (κ2) is 13.1. The lowest BCUT2D eigenvalue weighted by atomic mass is 9.86. The van der Waals surface area contributed by atoms with Crippen LogP contribution in [0.2, 0.25) is 0 Å². The first-order valence-corrected chi connectivity index (χ1v) is 13.1. The number of carbonyl (C=O) groups excluding carboxylic acids is 1. The highest BCUT2D eigenvalue weighted by molar-refractivity contribution is 5.45. The van der Waals surface area contributed by atoms with Crippen molar-refractivity contribution >= 4 is 6.47 Å². The topological polar surface area (TPSA) is 29.5 Å². The summed E-state index contributed by atoms with van der Waals surface area (Å²) in [4.78, 5) is 12.8. The summed E-state index contributed by atoms with van der Waals surface area (Å²) in [6, 6.07) is 20.3. The maximum Gasteiger partial charge on any atom is 0.416 e. The molecule has 0 saturated carbocycles. The van der Waals surface area contributed by atoms with Gasteiger partial charge < -0.3 is 4.74 Å². The molecule has 38 heavy (non-hydrogen) atoms. The molecule has 6 heteroatoms. The van der Waals surface area contributed by atoms with Gasteiger partial charge in [0.1, 0.15) is 5.75 Å². The minimum Gasteiger partial charge on any atom is -0.429 e. The van der Waals surface area contributed by atoms with E-state index >= 15 is 0 Å². The quantitative estimate of drug-likeness (QED) is 0.176. The Balaban J connectivity index is 1.62. The van der Waals surface area contributed by atoms with E-state index < -0.39 is 11.7 Å². The summed E-state index contributed by atoms with van der Waals surface area (Å²) < 4.78 is 45.0. The molecule has 3 aromatic rings. The van der Waals surface area contributed by atoms with E-state index in [4.69, 9.17) is 4.74 Å². The van der Waals surface area contributed by atoms with Crippen molar-refractivity contribution in [2.45, 2.75) is 78.1 Å². The van der Waals surface area contributed by atoms with Gasteiger partial charge in [0.05, 0.1) is 5.56 Å². The van der Waals surface area contributed by atoms with Crippen LogP contribution >= 0.6 is 0 Å². The van der Waals surface area contributed by atoms with E-state index in [0.29, 0.717) is 36.4 Å². The Morgan fingerprint density at radius 3 is 2.00 bits per heavy atom. The van der Waals surface area contributed by atoms with Crippen molar-refractivity contribution < 1.29 is 22.7 Å². The van der Waals surface area contributed by atoms with Crippen molar-refractivity contribution in [2.75, 3.05) is 6.54 Å². The molecular formula is C32H38F3NO2. The molecule has 0 spiro atoms. The van der Waals surface area contributed by atoms with E-state index in [1.165, 1.54) is 23.3 Å². The lowest BCUT2D eigenvalue weighted by Crippen LogP contribution is -2.24. The van der Waals surface area contributed by atoms with Crippen molar-refractivity contribution in [1.29, 1.82) is 0 Å². The fraction of sp³-hybridized carbons (Fsp3) is 0.406. The van der Waals surface area contributed by atoms with Crippen LogP contribution in [0.15, 0.2) is 66.7 Å². The molecule has 0 aliphatic heterocycles. The molecule has 0 radical (unpaired) electrons. The molecule has 204 valence electrons. The number of hydrogen-bond donors (Lipinski definition) is 0. The number of halogens is 3. The standard InChI is InChI=1S/C32H38F3NO2/c1-24-18-27(20-29(19-24)32(33,34)35)22-36(21-26-11-15-30(16-12-26)38-23-37)17-7-5-6-8-25-9-13-28(14-10-25)31(2,3)4/h9-16,18-20,23H,5-8,17,21-22H2,1-4H3. The average Bonchev–Trinajstić information content (AvgIpc) is 2.84. The van der Waals surface area contributed by atoms with Crippen LogP contribution in [0.3, 0.4) is 0 Å². The Kier molecular flexibility index (Phi) is 10.1. The molecule has 0 atom stereocenters. The number of benzene rings is 3. The maximum absolute atomic E-state index is 13.4. The van der Waals surface area contributed by atoms with Crippen LogP contribution < -0.4 is 4.74 Å². The SMILES string of the molecule is Cc1cc(CN(CCCCCc2ccc(C(C)(C)C)cc2)Cc2ccc(OC=O)cc2)cc(C(F)(F)F)c1.